The van der Waals surface area contributed by atoms with Gasteiger partial charge in [0.1, 0.15) is 0 Å². The summed E-state index contributed by atoms with van der Waals surface area (Å²) in [5.74, 6) is 0. The van der Waals surface area contributed by atoms with E-state index in [1.807, 2.05) is 0 Å². The van der Waals surface area contributed by atoms with Crippen molar-refractivity contribution in [2.24, 2.45) is 0 Å². The van der Waals surface area contributed by atoms with E-state index in [0.717, 1.165) is 18.7 Å². The Labute approximate surface area is 104 Å². The van der Waals surface area contributed by atoms with Crippen LogP contribution >= 0.6 is 22.6 Å². The monoisotopic (exact) mass is 320 g/mol. The molecule has 1 aliphatic rings. The van der Waals surface area contributed by atoms with Gasteiger partial charge >= 0.3 is 0 Å². The van der Waals surface area contributed by atoms with Crippen molar-refractivity contribution in [3.8, 4) is 0 Å². The van der Waals surface area contributed by atoms with Crippen molar-refractivity contribution in [3.05, 3.63) is 15.0 Å². The Bertz CT molecular complexity index is 362. The molecule has 1 aromatic rings. The van der Waals surface area contributed by atoms with Crippen LogP contribution in [0.5, 0.6) is 0 Å². The van der Waals surface area contributed by atoms with Crippen LogP contribution in [0, 0.1) is 17.4 Å². The molecule has 1 aromatic heterocycles. The summed E-state index contributed by atoms with van der Waals surface area (Å²) < 4.78 is 9.17. The molecule has 3 nitrogen and oxygen atoms in total. The third-order valence-corrected chi connectivity index (χ3v) is 4.55. The number of rotatable bonds is 2. The molecule has 0 bridgehead atoms. The molecular weight excluding hydrogens is 303 g/mol. The Balaban J connectivity index is 2.08. The van der Waals surface area contributed by atoms with Crippen molar-refractivity contribution in [3.63, 3.8) is 0 Å². The predicted molar refractivity (Wildman–Crippen MR) is 68.0 cm³/mol. The maximum atomic E-state index is 5.81. The Morgan fingerprint density at radius 1 is 1.47 bits per heavy atom. The topological polar surface area (TPSA) is 27.1 Å². The van der Waals surface area contributed by atoms with E-state index in [-0.39, 0.29) is 0 Å². The normalized spacial score (nSPS) is 26.1. The Kier molecular flexibility index (Phi) is 3.35. The van der Waals surface area contributed by atoms with Crippen LogP contribution in [-0.4, -0.2) is 22.0 Å². The molecule has 0 amide bonds. The molecule has 0 radical (unpaired) electrons. The number of hydrogen-bond acceptors (Lipinski definition) is 2. The molecular formula is C11H17IN2O. The highest BCUT2D eigenvalue weighted by Gasteiger charge is 2.23. The SMILES string of the molecule is Cc1nn(CC2CCC(C)O2)c(C)c1I. The number of aryl methyl sites for hydroxylation is 1. The second-order valence-corrected chi connectivity index (χ2v) is 5.39. The average Bonchev–Trinajstić information content (AvgIpc) is 2.68. The number of ether oxygens (including phenoxy) is 1. The molecule has 0 aromatic carbocycles. The maximum Gasteiger partial charge on any atom is 0.0775 e. The molecule has 2 unspecified atom stereocenters. The van der Waals surface area contributed by atoms with Crippen LogP contribution in [0.25, 0.3) is 0 Å². The first-order valence-electron chi connectivity index (χ1n) is 5.43. The van der Waals surface area contributed by atoms with Crippen LogP contribution in [-0.2, 0) is 11.3 Å². The van der Waals surface area contributed by atoms with Crippen LogP contribution in [0.15, 0.2) is 0 Å². The van der Waals surface area contributed by atoms with E-state index < -0.39 is 0 Å². The largest absolute Gasteiger partial charge is 0.373 e. The van der Waals surface area contributed by atoms with Gasteiger partial charge in [0, 0.05) is 5.69 Å². The third-order valence-electron chi connectivity index (χ3n) is 2.99. The molecule has 2 heterocycles. The van der Waals surface area contributed by atoms with Gasteiger partial charge in [-0.25, -0.2) is 0 Å². The van der Waals surface area contributed by atoms with Crippen molar-refractivity contribution in [1.29, 1.82) is 0 Å². The fourth-order valence-corrected chi connectivity index (χ4v) is 2.45. The summed E-state index contributed by atoms with van der Waals surface area (Å²) in [5, 5.41) is 4.53. The Morgan fingerprint density at radius 2 is 2.20 bits per heavy atom. The molecule has 2 atom stereocenters. The minimum absolute atomic E-state index is 0.355. The van der Waals surface area contributed by atoms with E-state index in [1.165, 1.54) is 15.7 Å². The summed E-state index contributed by atoms with van der Waals surface area (Å²) >= 11 is 2.36. The van der Waals surface area contributed by atoms with Crippen molar-refractivity contribution in [1.82, 2.24) is 9.78 Å². The first kappa shape index (κ1) is 11.4. The standard InChI is InChI=1S/C11H17IN2O/c1-7-4-5-10(15-7)6-14-9(3)11(12)8(2)13-14/h7,10H,4-6H2,1-3H3. The highest BCUT2D eigenvalue weighted by atomic mass is 127. The van der Waals surface area contributed by atoms with E-state index in [0.29, 0.717) is 12.2 Å². The van der Waals surface area contributed by atoms with Crippen molar-refractivity contribution in [2.75, 3.05) is 0 Å². The van der Waals surface area contributed by atoms with Gasteiger partial charge in [-0.2, -0.15) is 5.10 Å². The number of aromatic nitrogens is 2. The zero-order valence-electron chi connectivity index (χ0n) is 9.46. The zero-order chi connectivity index (χ0) is 11.0. The lowest BCUT2D eigenvalue weighted by atomic mass is 10.2. The minimum atomic E-state index is 0.355. The zero-order valence-corrected chi connectivity index (χ0v) is 11.6. The summed E-state index contributed by atoms with van der Waals surface area (Å²) in [4.78, 5) is 0. The first-order chi connectivity index (χ1) is 7.08. The lowest BCUT2D eigenvalue weighted by Gasteiger charge is -2.12. The summed E-state index contributed by atoms with van der Waals surface area (Å²) in [6.07, 6.45) is 3.12. The molecule has 0 N–H and O–H groups in total. The van der Waals surface area contributed by atoms with E-state index >= 15 is 0 Å². The van der Waals surface area contributed by atoms with Crippen molar-refractivity contribution >= 4 is 22.6 Å². The van der Waals surface area contributed by atoms with E-state index in [9.17, 15) is 0 Å². The van der Waals surface area contributed by atoms with Gasteiger partial charge in [-0.05, 0) is 56.2 Å². The molecule has 0 saturated carbocycles. The van der Waals surface area contributed by atoms with Crippen LogP contribution in [0.1, 0.15) is 31.2 Å². The quantitative estimate of drug-likeness (QED) is 0.784. The number of hydrogen-bond donors (Lipinski definition) is 0. The van der Waals surface area contributed by atoms with E-state index in [4.69, 9.17) is 4.74 Å². The third kappa shape index (κ3) is 2.36. The van der Waals surface area contributed by atoms with Gasteiger partial charge in [0.25, 0.3) is 0 Å². The second kappa shape index (κ2) is 4.41. The van der Waals surface area contributed by atoms with Gasteiger partial charge in [0.05, 0.1) is 28.0 Å². The second-order valence-electron chi connectivity index (χ2n) is 4.31. The van der Waals surface area contributed by atoms with Gasteiger partial charge < -0.3 is 4.74 Å². The molecule has 1 aliphatic heterocycles. The summed E-state index contributed by atoms with van der Waals surface area (Å²) in [6, 6.07) is 0. The smallest absolute Gasteiger partial charge is 0.0775 e. The van der Waals surface area contributed by atoms with Gasteiger partial charge in [0.2, 0.25) is 0 Å². The maximum absolute atomic E-state index is 5.81. The Hall–Kier alpha value is -0.100. The average molecular weight is 320 g/mol. The van der Waals surface area contributed by atoms with E-state index in [2.05, 4.69) is 53.1 Å². The number of halogens is 1. The lowest BCUT2D eigenvalue weighted by Crippen LogP contribution is -2.18. The molecule has 1 fully saturated rings. The molecule has 1 saturated heterocycles. The summed E-state index contributed by atoms with van der Waals surface area (Å²) in [7, 11) is 0. The van der Waals surface area contributed by atoms with Gasteiger partial charge in [-0.3, -0.25) is 4.68 Å². The lowest BCUT2D eigenvalue weighted by molar-refractivity contribution is 0.0433. The fraction of sp³-hybridized carbons (Fsp3) is 0.727. The van der Waals surface area contributed by atoms with Crippen LogP contribution in [0.2, 0.25) is 0 Å². The number of nitrogens with zero attached hydrogens (tertiary/aromatic N) is 2. The highest BCUT2D eigenvalue weighted by Crippen LogP contribution is 2.22. The molecule has 0 aliphatic carbocycles. The molecule has 15 heavy (non-hydrogen) atoms. The first-order valence-corrected chi connectivity index (χ1v) is 6.50. The summed E-state index contributed by atoms with van der Waals surface area (Å²) in [6.45, 7) is 7.23. The van der Waals surface area contributed by atoms with E-state index in [1.54, 1.807) is 0 Å². The van der Waals surface area contributed by atoms with Crippen molar-refractivity contribution < 1.29 is 4.74 Å². The highest BCUT2D eigenvalue weighted by molar-refractivity contribution is 14.1. The summed E-state index contributed by atoms with van der Waals surface area (Å²) in [5.41, 5.74) is 2.38. The molecule has 84 valence electrons. The van der Waals surface area contributed by atoms with Gasteiger partial charge in [0.15, 0.2) is 0 Å². The van der Waals surface area contributed by atoms with Gasteiger partial charge in [-0.15, -0.1) is 0 Å². The van der Waals surface area contributed by atoms with Crippen LogP contribution in [0.3, 0.4) is 0 Å². The van der Waals surface area contributed by atoms with Gasteiger partial charge in [-0.1, -0.05) is 0 Å². The fourth-order valence-electron chi connectivity index (χ4n) is 2.07. The Morgan fingerprint density at radius 3 is 2.67 bits per heavy atom. The minimum Gasteiger partial charge on any atom is -0.373 e. The predicted octanol–water partition coefficient (Wildman–Crippen LogP) is 2.67. The van der Waals surface area contributed by atoms with Crippen LogP contribution < -0.4 is 0 Å². The molecule has 2 rings (SSSR count). The molecule has 0 spiro atoms. The van der Waals surface area contributed by atoms with Crippen molar-refractivity contribution in [2.45, 2.75) is 52.4 Å². The van der Waals surface area contributed by atoms with Crippen LogP contribution in [0.4, 0.5) is 0 Å². The molecule has 4 heteroatoms.